The molecular formula is C30H35NO10. The standard InChI is InChI=1S/C26H31NO6.C4H4O4/c1-17(2)33-19-10-7-18(8-11-19)9-12-21(28)22-23(29-5)20-13-15-31-24(20)26(30-6)25(22)32-16-14-27(3)4;5-3(6)1-2-4(7)8/h7-13,15,17H,14,16H2,1-6H3;1-2H,(H,5,6)(H,7,8)/b;2-1-. The van der Waals surface area contributed by atoms with Crippen LogP contribution in [0.1, 0.15) is 29.8 Å². The molecule has 0 aliphatic rings. The van der Waals surface area contributed by atoms with Gasteiger partial charge in [0.15, 0.2) is 17.1 Å². The number of benzene rings is 2. The molecule has 11 nitrogen and oxygen atoms in total. The number of methoxy groups -OCH3 is 2. The number of fused-ring (bicyclic) bond motifs is 1. The number of hydrogen-bond donors (Lipinski definition) is 2. The summed E-state index contributed by atoms with van der Waals surface area (Å²) in [4.78, 5) is 34.5. The van der Waals surface area contributed by atoms with E-state index < -0.39 is 11.9 Å². The maximum atomic E-state index is 13.4. The second kappa shape index (κ2) is 15.7. The van der Waals surface area contributed by atoms with Gasteiger partial charge in [0.2, 0.25) is 5.75 Å². The number of aliphatic carboxylic acids is 2. The SMILES string of the molecule is COc1c(C(=O)C=Cc2ccc(OC(C)C)cc2)c(OCCN(C)C)c(OC)c2occc12.O=C(O)/C=C\C(=O)O. The van der Waals surface area contributed by atoms with Crippen LogP contribution in [-0.4, -0.2) is 80.4 Å². The van der Waals surface area contributed by atoms with E-state index in [2.05, 4.69) is 0 Å². The van der Waals surface area contributed by atoms with Crippen LogP contribution in [0, 0.1) is 0 Å². The van der Waals surface area contributed by atoms with Crippen molar-refractivity contribution in [3.63, 3.8) is 0 Å². The van der Waals surface area contributed by atoms with Gasteiger partial charge < -0.3 is 38.5 Å². The van der Waals surface area contributed by atoms with Crippen LogP contribution in [0.2, 0.25) is 0 Å². The Balaban J connectivity index is 0.000000642. The van der Waals surface area contributed by atoms with Crippen molar-refractivity contribution in [1.82, 2.24) is 4.90 Å². The first-order valence-corrected chi connectivity index (χ1v) is 12.5. The maximum Gasteiger partial charge on any atom is 0.328 e. The number of carbonyl (C=O) groups is 3. The summed E-state index contributed by atoms with van der Waals surface area (Å²) in [6.45, 7) is 4.97. The lowest BCUT2D eigenvalue weighted by Crippen LogP contribution is -2.20. The van der Waals surface area contributed by atoms with Crippen molar-refractivity contribution in [3.05, 3.63) is 65.9 Å². The predicted molar refractivity (Wildman–Crippen MR) is 153 cm³/mol. The topological polar surface area (TPSA) is 145 Å². The Morgan fingerprint density at radius 2 is 1.51 bits per heavy atom. The number of nitrogens with zero attached hydrogens (tertiary/aromatic N) is 1. The zero-order chi connectivity index (χ0) is 30.5. The molecule has 0 atom stereocenters. The van der Waals surface area contributed by atoms with Crippen molar-refractivity contribution in [3.8, 4) is 23.0 Å². The van der Waals surface area contributed by atoms with E-state index in [1.54, 1.807) is 12.1 Å². The highest BCUT2D eigenvalue weighted by molar-refractivity contribution is 6.15. The number of likely N-dealkylation sites (N-methyl/N-ethyl adjacent to an activating group) is 1. The summed E-state index contributed by atoms with van der Waals surface area (Å²) in [7, 11) is 6.94. The van der Waals surface area contributed by atoms with Crippen molar-refractivity contribution < 1.29 is 48.0 Å². The molecule has 220 valence electrons. The molecule has 2 N–H and O–H groups in total. The van der Waals surface area contributed by atoms with Crippen molar-refractivity contribution in [2.45, 2.75) is 20.0 Å². The summed E-state index contributed by atoms with van der Waals surface area (Å²) in [6.07, 6.45) is 5.99. The summed E-state index contributed by atoms with van der Waals surface area (Å²) in [5.74, 6) is -0.956. The predicted octanol–water partition coefficient (Wildman–Crippen LogP) is 4.79. The molecule has 0 unspecified atom stereocenters. The maximum absolute atomic E-state index is 13.4. The smallest absolute Gasteiger partial charge is 0.328 e. The molecular weight excluding hydrogens is 534 g/mol. The van der Waals surface area contributed by atoms with Crippen LogP contribution in [0.4, 0.5) is 0 Å². The van der Waals surface area contributed by atoms with Gasteiger partial charge in [0.25, 0.3) is 0 Å². The van der Waals surface area contributed by atoms with Crippen LogP contribution < -0.4 is 18.9 Å². The Hall–Kier alpha value is -4.77. The fourth-order valence-electron chi connectivity index (χ4n) is 3.54. The third-order valence-corrected chi connectivity index (χ3v) is 5.26. The van der Waals surface area contributed by atoms with Crippen molar-refractivity contribution in [2.75, 3.05) is 41.5 Å². The number of allylic oxidation sites excluding steroid dienone is 1. The van der Waals surface area contributed by atoms with Crippen molar-refractivity contribution in [1.29, 1.82) is 0 Å². The Labute approximate surface area is 238 Å². The van der Waals surface area contributed by atoms with Crippen LogP contribution in [0.25, 0.3) is 17.0 Å². The molecule has 0 saturated carbocycles. The molecule has 0 spiro atoms. The van der Waals surface area contributed by atoms with Gasteiger partial charge in [-0.1, -0.05) is 18.2 Å². The molecule has 11 heteroatoms. The Morgan fingerprint density at radius 1 is 0.902 bits per heavy atom. The Morgan fingerprint density at radius 3 is 2.02 bits per heavy atom. The molecule has 1 heterocycles. The van der Waals surface area contributed by atoms with E-state index in [1.165, 1.54) is 26.6 Å². The van der Waals surface area contributed by atoms with E-state index in [9.17, 15) is 14.4 Å². The molecule has 2 aromatic carbocycles. The average Bonchev–Trinajstić information content (AvgIpc) is 3.40. The van der Waals surface area contributed by atoms with Gasteiger partial charge in [-0.15, -0.1) is 0 Å². The monoisotopic (exact) mass is 569 g/mol. The summed E-state index contributed by atoms with van der Waals surface area (Å²) >= 11 is 0. The second-order valence-electron chi connectivity index (χ2n) is 9.03. The van der Waals surface area contributed by atoms with Crippen LogP contribution in [0.15, 0.2) is 59.2 Å². The van der Waals surface area contributed by atoms with Crippen LogP contribution >= 0.6 is 0 Å². The summed E-state index contributed by atoms with van der Waals surface area (Å²) in [5, 5.41) is 16.3. The molecule has 0 radical (unpaired) electrons. The van der Waals surface area contributed by atoms with Gasteiger partial charge in [0.05, 0.1) is 32.0 Å². The molecule has 0 bridgehead atoms. The van der Waals surface area contributed by atoms with Crippen LogP contribution in [-0.2, 0) is 9.59 Å². The normalized spacial score (nSPS) is 11.1. The van der Waals surface area contributed by atoms with Gasteiger partial charge in [-0.3, -0.25) is 4.79 Å². The van der Waals surface area contributed by atoms with E-state index in [0.29, 0.717) is 53.5 Å². The molecule has 41 heavy (non-hydrogen) atoms. The summed E-state index contributed by atoms with van der Waals surface area (Å²) < 4.78 is 28.6. The highest BCUT2D eigenvalue weighted by Crippen LogP contribution is 2.46. The summed E-state index contributed by atoms with van der Waals surface area (Å²) in [6, 6.07) is 9.29. The molecule has 3 rings (SSSR count). The number of ketones is 1. The number of carboxylic acids is 2. The zero-order valence-corrected chi connectivity index (χ0v) is 23.9. The molecule has 0 saturated heterocycles. The van der Waals surface area contributed by atoms with Gasteiger partial charge in [0.1, 0.15) is 23.7 Å². The Bertz CT molecular complexity index is 1370. The first-order chi connectivity index (χ1) is 19.5. The fraction of sp³-hybridized carbons (Fsp3) is 0.300. The number of hydrogen-bond acceptors (Lipinski definition) is 9. The fourth-order valence-corrected chi connectivity index (χ4v) is 3.54. The van der Waals surface area contributed by atoms with E-state index in [4.69, 9.17) is 33.6 Å². The third kappa shape index (κ3) is 9.73. The van der Waals surface area contributed by atoms with Gasteiger partial charge in [-0.05, 0) is 57.8 Å². The lowest BCUT2D eigenvalue weighted by molar-refractivity contribution is -0.134. The van der Waals surface area contributed by atoms with E-state index in [-0.39, 0.29) is 17.5 Å². The molecule has 0 fully saturated rings. The first kappa shape index (κ1) is 32.4. The zero-order valence-electron chi connectivity index (χ0n) is 23.9. The van der Waals surface area contributed by atoms with E-state index in [1.807, 2.05) is 57.1 Å². The lowest BCUT2D eigenvalue weighted by atomic mass is 10.0. The molecule has 3 aromatic rings. The highest BCUT2D eigenvalue weighted by Gasteiger charge is 2.28. The number of furan rings is 1. The first-order valence-electron chi connectivity index (χ1n) is 12.5. The molecule has 0 amide bonds. The van der Waals surface area contributed by atoms with E-state index in [0.717, 1.165) is 11.3 Å². The number of carbonyl (C=O) groups excluding carboxylic acids is 1. The minimum Gasteiger partial charge on any atom is -0.495 e. The minimum atomic E-state index is -1.26. The largest absolute Gasteiger partial charge is 0.495 e. The lowest BCUT2D eigenvalue weighted by Gasteiger charge is -2.18. The second-order valence-corrected chi connectivity index (χ2v) is 9.03. The third-order valence-electron chi connectivity index (χ3n) is 5.26. The Kier molecular flexibility index (Phi) is 12.4. The van der Waals surface area contributed by atoms with Crippen molar-refractivity contribution >= 4 is 34.8 Å². The minimum absolute atomic E-state index is 0.0965. The highest BCUT2D eigenvalue weighted by atomic mass is 16.5. The number of carboxylic acid groups (broad SMARTS) is 2. The number of ether oxygens (including phenoxy) is 4. The van der Waals surface area contributed by atoms with Crippen molar-refractivity contribution in [2.24, 2.45) is 0 Å². The van der Waals surface area contributed by atoms with Gasteiger partial charge in [-0.25, -0.2) is 9.59 Å². The molecule has 0 aliphatic carbocycles. The summed E-state index contributed by atoms with van der Waals surface area (Å²) in [5.41, 5.74) is 1.62. The molecule has 0 aliphatic heterocycles. The average molecular weight is 570 g/mol. The quantitative estimate of drug-likeness (QED) is 0.217. The van der Waals surface area contributed by atoms with Gasteiger partial charge >= 0.3 is 11.9 Å². The molecule has 1 aromatic heterocycles. The van der Waals surface area contributed by atoms with E-state index >= 15 is 0 Å². The van der Waals surface area contributed by atoms with Crippen LogP contribution in [0.3, 0.4) is 0 Å². The van der Waals surface area contributed by atoms with Gasteiger partial charge in [0, 0.05) is 18.7 Å². The van der Waals surface area contributed by atoms with Crippen LogP contribution in [0.5, 0.6) is 23.0 Å². The van der Waals surface area contributed by atoms with Gasteiger partial charge in [-0.2, -0.15) is 0 Å². The number of rotatable bonds is 13.